The van der Waals surface area contributed by atoms with Gasteiger partial charge in [0.15, 0.2) is 0 Å². The molecule has 0 radical (unpaired) electrons. The highest BCUT2D eigenvalue weighted by Crippen LogP contribution is 2.30. The van der Waals surface area contributed by atoms with Gasteiger partial charge in [-0.1, -0.05) is 30.4 Å². The maximum atomic E-state index is 9.27. The summed E-state index contributed by atoms with van der Waals surface area (Å²) in [6.07, 6.45) is 7.04. The van der Waals surface area contributed by atoms with Crippen molar-refractivity contribution < 1.29 is 0 Å². The number of aromatic nitrogens is 1. The Kier molecular flexibility index (Phi) is 2.70. The summed E-state index contributed by atoms with van der Waals surface area (Å²) in [5.74, 6) is 0. The van der Waals surface area contributed by atoms with Crippen molar-refractivity contribution in [3.8, 4) is 6.07 Å². The second-order valence-corrected chi connectivity index (χ2v) is 4.36. The summed E-state index contributed by atoms with van der Waals surface area (Å²) in [5, 5.41) is 10.3. The Labute approximate surface area is 106 Å². The van der Waals surface area contributed by atoms with Crippen molar-refractivity contribution in [1.29, 1.82) is 5.26 Å². The maximum absolute atomic E-state index is 9.27. The van der Waals surface area contributed by atoms with Crippen LogP contribution in [0, 0.1) is 11.3 Å². The molecule has 0 amide bonds. The van der Waals surface area contributed by atoms with E-state index in [0.29, 0.717) is 5.56 Å². The number of benzene rings is 1. The number of fused-ring (bicyclic) bond motifs is 1. The van der Waals surface area contributed by atoms with E-state index in [9.17, 15) is 5.26 Å². The van der Waals surface area contributed by atoms with Gasteiger partial charge in [-0.15, -0.1) is 0 Å². The molecule has 18 heavy (non-hydrogen) atoms. The molecule has 0 saturated carbocycles. The lowest BCUT2D eigenvalue weighted by Crippen LogP contribution is -2.27. The van der Waals surface area contributed by atoms with Crippen LogP contribution in [-0.2, 0) is 0 Å². The van der Waals surface area contributed by atoms with Crippen LogP contribution in [0.3, 0.4) is 0 Å². The van der Waals surface area contributed by atoms with E-state index in [-0.39, 0.29) is 0 Å². The zero-order valence-electron chi connectivity index (χ0n) is 10.0. The van der Waals surface area contributed by atoms with Gasteiger partial charge in [-0.05, 0) is 12.5 Å². The molecule has 1 aliphatic rings. The molecule has 0 unspecified atom stereocenters. The van der Waals surface area contributed by atoms with Gasteiger partial charge in [0.25, 0.3) is 0 Å². The quantitative estimate of drug-likeness (QED) is 0.713. The molecule has 3 heteroatoms. The lowest BCUT2D eigenvalue weighted by molar-refractivity contribution is 0.822. The minimum absolute atomic E-state index is 0.656. The van der Waals surface area contributed by atoms with Crippen LogP contribution >= 0.6 is 0 Å². The van der Waals surface area contributed by atoms with E-state index in [1.807, 2.05) is 24.3 Å². The van der Waals surface area contributed by atoms with E-state index in [2.05, 4.69) is 28.1 Å². The van der Waals surface area contributed by atoms with Crippen LogP contribution in [0.25, 0.3) is 10.9 Å². The van der Waals surface area contributed by atoms with Gasteiger partial charge in [-0.2, -0.15) is 5.26 Å². The van der Waals surface area contributed by atoms with Gasteiger partial charge < -0.3 is 4.90 Å². The number of anilines is 1. The van der Waals surface area contributed by atoms with Crippen molar-refractivity contribution >= 4 is 16.6 Å². The summed E-state index contributed by atoms with van der Waals surface area (Å²) in [6, 6.07) is 10.2. The zero-order valence-corrected chi connectivity index (χ0v) is 10.0. The van der Waals surface area contributed by atoms with E-state index < -0.39 is 0 Å². The molecule has 1 aromatic heterocycles. The second kappa shape index (κ2) is 4.50. The van der Waals surface area contributed by atoms with Gasteiger partial charge in [0.05, 0.1) is 16.8 Å². The molecule has 1 aliphatic heterocycles. The fourth-order valence-corrected chi connectivity index (χ4v) is 2.39. The van der Waals surface area contributed by atoms with Crippen LogP contribution in [-0.4, -0.2) is 18.1 Å². The van der Waals surface area contributed by atoms with E-state index in [1.165, 1.54) is 0 Å². The van der Waals surface area contributed by atoms with Crippen molar-refractivity contribution in [1.82, 2.24) is 4.98 Å². The Morgan fingerprint density at radius 3 is 2.89 bits per heavy atom. The van der Waals surface area contributed by atoms with Crippen LogP contribution in [0.4, 0.5) is 5.69 Å². The van der Waals surface area contributed by atoms with Crippen LogP contribution in [0.1, 0.15) is 12.0 Å². The van der Waals surface area contributed by atoms with Gasteiger partial charge in [0.2, 0.25) is 0 Å². The SMILES string of the molecule is N#Cc1cnc2ccccc2c1N1CC=CCC1. The molecule has 0 atom stereocenters. The molecule has 1 aromatic carbocycles. The molecule has 2 aromatic rings. The summed E-state index contributed by atoms with van der Waals surface area (Å²) in [6.45, 7) is 1.82. The molecule has 0 spiro atoms. The number of rotatable bonds is 1. The highest BCUT2D eigenvalue weighted by Gasteiger charge is 2.15. The number of nitriles is 1. The standard InChI is InChI=1S/C15H13N3/c16-10-12-11-17-14-7-3-2-6-13(14)15(12)18-8-4-1-5-9-18/h1-4,6-7,11H,5,8-9H2. The molecule has 0 saturated heterocycles. The first-order valence-corrected chi connectivity index (χ1v) is 6.08. The van der Waals surface area contributed by atoms with Gasteiger partial charge >= 0.3 is 0 Å². The summed E-state index contributed by atoms with van der Waals surface area (Å²) >= 11 is 0. The predicted octanol–water partition coefficient (Wildman–Crippen LogP) is 2.87. The first-order valence-electron chi connectivity index (χ1n) is 6.08. The van der Waals surface area contributed by atoms with E-state index in [4.69, 9.17) is 0 Å². The second-order valence-electron chi connectivity index (χ2n) is 4.36. The summed E-state index contributed by atoms with van der Waals surface area (Å²) in [7, 11) is 0. The molecule has 0 fully saturated rings. The summed E-state index contributed by atoms with van der Waals surface area (Å²) in [5.41, 5.74) is 2.62. The van der Waals surface area contributed by atoms with Crippen LogP contribution in [0.15, 0.2) is 42.6 Å². The smallest absolute Gasteiger partial charge is 0.103 e. The first kappa shape index (κ1) is 10.8. The third-order valence-corrected chi connectivity index (χ3v) is 3.24. The molecule has 3 rings (SSSR count). The third kappa shape index (κ3) is 1.72. The van der Waals surface area contributed by atoms with Crippen molar-refractivity contribution in [2.45, 2.75) is 6.42 Å². The van der Waals surface area contributed by atoms with Crippen molar-refractivity contribution in [3.63, 3.8) is 0 Å². The Hall–Kier alpha value is -2.34. The minimum Gasteiger partial charge on any atom is -0.366 e. The van der Waals surface area contributed by atoms with E-state index >= 15 is 0 Å². The average molecular weight is 235 g/mol. The lowest BCUT2D eigenvalue weighted by atomic mass is 10.1. The highest BCUT2D eigenvalue weighted by atomic mass is 15.1. The minimum atomic E-state index is 0.656. The number of hydrogen-bond donors (Lipinski definition) is 0. The Bertz CT molecular complexity index is 652. The zero-order chi connectivity index (χ0) is 12.4. The van der Waals surface area contributed by atoms with Gasteiger partial charge in [-0.25, -0.2) is 0 Å². The predicted molar refractivity (Wildman–Crippen MR) is 72.4 cm³/mol. The number of hydrogen-bond acceptors (Lipinski definition) is 3. The fourth-order valence-electron chi connectivity index (χ4n) is 2.39. The summed E-state index contributed by atoms with van der Waals surface area (Å²) < 4.78 is 0. The Morgan fingerprint density at radius 1 is 1.22 bits per heavy atom. The lowest BCUT2D eigenvalue weighted by Gasteiger charge is -2.27. The Morgan fingerprint density at radius 2 is 2.11 bits per heavy atom. The van der Waals surface area contributed by atoms with Crippen molar-refractivity contribution in [3.05, 3.63) is 48.2 Å². The normalized spacial score (nSPS) is 14.7. The van der Waals surface area contributed by atoms with Crippen LogP contribution in [0.5, 0.6) is 0 Å². The van der Waals surface area contributed by atoms with Crippen LogP contribution < -0.4 is 4.90 Å². The largest absolute Gasteiger partial charge is 0.366 e. The molecule has 0 N–H and O–H groups in total. The number of para-hydroxylation sites is 1. The number of nitrogens with zero attached hydrogens (tertiary/aromatic N) is 3. The molecule has 3 nitrogen and oxygen atoms in total. The monoisotopic (exact) mass is 235 g/mol. The topological polar surface area (TPSA) is 39.9 Å². The summed E-state index contributed by atoms with van der Waals surface area (Å²) in [4.78, 5) is 6.59. The van der Waals surface area contributed by atoms with Crippen LogP contribution in [0.2, 0.25) is 0 Å². The third-order valence-electron chi connectivity index (χ3n) is 3.24. The molecule has 88 valence electrons. The molecule has 0 aliphatic carbocycles. The van der Waals surface area contributed by atoms with Gasteiger partial charge in [0.1, 0.15) is 6.07 Å². The average Bonchev–Trinajstić information content (AvgIpc) is 2.47. The number of pyridine rings is 1. The van der Waals surface area contributed by atoms with Gasteiger partial charge in [-0.3, -0.25) is 4.98 Å². The van der Waals surface area contributed by atoms with E-state index in [0.717, 1.165) is 36.1 Å². The molecule has 0 bridgehead atoms. The van der Waals surface area contributed by atoms with E-state index in [1.54, 1.807) is 6.20 Å². The van der Waals surface area contributed by atoms with Gasteiger partial charge in [0, 0.05) is 24.7 Å². The molecule has 2 heterocycles. The molecular weight excluding hydrogens is 222 g/mol. The fraction of sp³-hybridized carbons (Fsp3) is 0.200. The van der Waals surface area contributed by atoms with Crippen molar-refractivity contribution in [2.24, 2.45) is 0 Å². The maximum Gasteiger partial charge on any atom is 0.103 e. The first-order chi connectivity index (χ1) is 8.90. The highest BCUT2D eigenvalue weighted by molar-refractivity contribution is 5.94. The molecular formula is C15H13N3. The van der Waals surface area contributed by atoms with Crippen molar-refractivity contribution in [2.75, 3.05) is 18.0 Å². The Balaban J connectivity index is 2.24.